The number of β-amino-alcohol motifs (C(OH)–C–C–N with tert-alkyl or cyclic N) is 1. The third-order valence-electron chi connectivity index (χ3n) is 3.69. The number of aliphatic hydroxyl groups is 1. The summed E-state index contributed by atoms with van der Waals surface area (Å²) in [5.41, 5.74) is 0. The molecular formula is C15H23ClN2O3S. The number of morpholine rings is 1. The molecule has 1 unspecified atom stereocenters. The summed E-state index contributed by atoms with van der Waals surface area (Å²) in [6.07, 6.45) is 0.612. The van der Waals surface area contributed by atoms with Gasteiger partial charge < -0.3 is 14.7 Å². The maximum atomic E-state index is 12.1. The Kier molecular flexibility index (Phi) is 7.11. The van der Waals surface area contributed by atoms with Crippen LogP contribution in [-0.4, -0.2) is 73.4 Å². The largest absolute Gasteiger partial charge is 0.390 e. The van der Waals surface area contributed by atoms with Gasteiger partial charge in [0.05, 0.1) is 24.3 Å². The van der Waals surface area contributed by atoms with E-state index in [1.807, 2.05) is 11.4 Å². The Hall–Kier alpha value is -0.660. The predicted octanol–water partition coefficient (Wildman–Crippen LogP) is 1.49. The number of hydrogen-bond acceptors (Lipinski definition) is 5. The number of thiophene rings is 1. The van der Waals surface area contributed by atoms with Crippen LogP contribution in [0.5, 0.6) is 0 Å². The zero-order valence-electron chi connectivity index (χ0n) is 12.8. The second-order valence-corrected chi connectivity index (χ2v) is 7.00. The van der Waals surface area contributed by atoms with Crippen molar-refractivity contribution in [3.8, 4) is 0 Å². The van der Waals surface area contributed by atoms with Crippen LogP contribution >= 0.6 is 22.9 Å². The maximum absolute atomic E-state index is 12.1. The van der Waals surface area contributed by atoms with Gasteiger partial charge in [-0.1, -0.05) is 11.6 Å². The zero-order chi connectivity index (χ0) is 15.9. The summed E-state index contributed by atoms with van der Waals surface area (Å²) in [6.45, 7) is 4.06. The number of aliphatic hydroxyl groups excluding tert-OH is 1. The van der Waals surface area contributed by atoms with Crippen LogP contribution in [-0.2, 0) is 16.0 Å². The molecule has 1 amide bonds. The van der Waals surface area contributed by atoms with Crippen LogP contribution in [0.3, 0.4) is 0 Å². The fourth-order valence-corrected chi connectivity index (χ4v) is 3.54. The van der Waals surface area contributed by atoms with Gasteiger partial charge in [-0.2, -0.15) is 0 Å². The van der Waals surface area contributed by atoms with E-state index < -0.39 is 6.10 Å². The fourth-order valence-electron chi connectivity index (χ4n) is 2.46. The van der Waals surface area contributed by atoms with Gasteiger partial charge in [0, 0.05) is 49.9 Å². The van der Waals surface area contributed by atoms with Gasteiger partial charge in [-0.15, -0.1) is 11.3 Å². The van der Waals surface area contributed by atoms with Crippen LogP contribution in [0.15, 0.2) is 11.4 Å². The van der Waals surface area contributed by atoms with E-state index in [1.54, 1.807) is 23.3 Å². The van der Waals surface area contributed by atoms with E-state index in [0.29, 0.717) is 39.1 Å². The molecule has 1 aromatic heterocycles. The normalized spacial score (nSPS) is 17.4. The number of carbonyl (C=O) groups excluding carboxylic acids is 1. The van der Waals surface area contributed by atoms with Crippen molar-refractivity contribution in [1.29, 1.82) is 0 Å². The van der Waals surface area contributed by atoms with Crippen molar-refractivity contribution in [3.05, 3.63) is 21.3 Å². The summed E-state index contributed by atoms with van der Waals surface area (Å²) in [6, 6.07) is 1.90. The number of hydrogen-bond donors (Lipinski definition) is 1. The Balaban J connectivity index is 1.68. The molecular weight excluding hydrogens is 324 g/mol. The Labute approximate surface area is 140 Å². The van der Waals surface area contributed by atoms with Gasteiger partial charge in [-0.25, -0.2) is 0 Å². The molecule has 0 aromatic carbocycles. The number of likely N-dealkylation sites (N-methyl/N-ethyl adjacent to an activating group) is 1. The summed E-state index contributed by atoms with van der Waals surface area (Å²) in [5.74, 6) is 0.0468. The van der Waals surface area contributed by atoms with E-state index in [2.05, 4.69) is 4.90 Å². The summed E-state index contributed by atoms with van der Waals surface area (Å²) in [5, 5.41) is 12.7. The van der Waals surface area contributed by atoms with Crippen molar-refractivity contribution in [3.63, 3.8) is 0 Å². The summed E-state index contributed by atoms with van der Waals surface area (Å²) >= 11 is 7.44. The molecule has 22 heavy (non-hydrogen) atoms. The molecule has 1 atom stereocenters. The minimum atomic E-state index is -0.525. The Morgan fingerprint density at radius 3 is 2.91 bits per heavy atom. The molecule has 1 saturated heterocycles. The molecule has 0 spiro atoms. The minimum Gasteiger partial charge on any atom is -0.390 e. The number of ether oxygens (including phenoxy) is 1. The molecule has 7 heteroatoms. The number of nitrogens with zero attached hydrogens (tertiary/aromatic N) is 2. The molecule has 2 heterocycles. The molecule has 1 aromatic rings. The predicted molar refractivity (Wildman–Crippen MR) is 88.6 cm³/mol. The Morgan fingerprint density at radius 2 is 2.27 bits per heavy atom. The zero-order valence-corrected chi connectivity index (χ0v) is 14.4. The second-order valence-electron chi connectivity index (χ2n) is 5.57. The van der Waals surface area contributed by atoms with E-state index >= 15 is 0 Å². The first kappa shape index (κ1) is 17.7. The SMILES string of the molecule is CN(CC(O)CN1CCOCC1)C(=O)CCc1cc(Cl)cs1. The molecule has 0 radical (unpaired) electrons. The van der Waals surface area contributed by atoms with E-state index in [0.717, 1.165) is 23.0 Å². The van der Waals surface area contributed by atoms with Crippen LogP contribution < -0.4 is 0 Å². The number of halogens is 1. The highest BCUT2D eigenvalue weighted by atomic mass is 35.5. The van der Waals surface area contributed by atoms with Crippen molar-refractivity contribution in [2.24, 2.45) is 0 Å². The van der Waals surface area contributed by atoms with Gasteiger partial charge in [0.1, 0.15) is 0 Å². The van der Waals surface area contributed by atoms with Gasteiger partial charge in [0.2, 0.25) is 5.91 Å². The topological polar surface area (TPSA) is 53.0 Å². The van der Waals surface area contributed by atoms with Crippen LogP contribution in [0.4, 0.5) is 0 Å². The second kappa shape index (κ2) is 8.84. The quantitative estimate of drug-likeness (QED) is 0.812. The molecule has 124 valence electrons. The standard InChI is InChI=1S/C15H23ClN2O3S/c1-17(9-13(19)10-18-4-6-21-7-5-18)15(20)3-2-14-8-12(16)11-22-14/h8,11,13,19H,2-7,9-10H2,1H3. The summed E-state index contributed by atoms with van der Waals surface area (Å²) in [4.78, 5) is 17.0. The number of rotatable bonds is 7. The van der Waals surface area contributed by atoms with Gasteiger partial charge in [0.15, 0.2) is 0 Å². The lowest BCUT2D eigenvalue weighted by atomic mass is 10.2. The smallest absolute Gasteiger partial charge is 0.222 e. The first-order valence-electron chi connectivity index (χ1n) is 7.49. The minimum absolute atomic E-state index is 0.0468. The fraction of sp³-hybridized carbons (Fsp3) is 0.667. The lowest BCUT2D eigenvalue weighted by Gasteiger charge is -2.30. The molecule has 1 fully saturated rings. The average Bonchev–Trinajstić information content (AvgIpc) is 2.91. The van der Waals surface area contributed by atoms with Crippen molar-refractivity contribution < 1.29 is 14.6 Å². The van der Waals surface area contributed by atoms with Gasteiger partial charge >= 0.3 is 0 Å². The lowest BCUT2D eigenvalue weighted by molar-refractivity contribution is -0.131. The first-order chi connectivity index (χ1) is 10.5. The molecule has 1 aliphatic heterocycles. The van der Waals surface area contributed by atoms with Crippen molar-refractivity contribution >= 4 is 28.8 Å². The summed E-state index contributed by atoms with van der Waals surface area (Å²) < 4.78 is 5.28. The van der Waals surface area contributed by atoms with Crippen LogP contribution in [0.1, 0.15) is 11.3 Å². The summed E-state index contributed by atoms with van der Waals surface area (Å²) in [7, 11) is 1.74. The Bertz CT molecular complexity index is 477. The Morgan fingerprint density at radius 1 is 1.55 bits per heavy atom. The molecule has 0 aliphatic carbocycles. The van der Waals surface area contributed by atoms with E-state index in [4.69, 9.17) is 16.3 Å². The molecule has 5 nitrogen and oxygen atoms in total. The van der Waals surface area contributed by atoms with Crippen LogP contribution in [0, 0.1) is 0 Å². The number of aryl methyl sites for hydroxylation is 1. The van der Waals surface area contributed by atoms with Crippen LogP contribution in [0.2, 0.25) is 5.02 Å². The average molecular weight is 347 g/mol. The van der Waals surface area contributed by atoms with Crippen molar-refractivity contribution in [2.75, 3.05) is 46.4 Å². The monoisotopic (exact) mass is 346 g/mol. The van der Waals surface area contributed by atoms with Crippen molar-refractivity contribution in [1.82, 2.24) is 9.80 Å². The highest BCUT2D eigenvalue weighted by molar-refractivity contribution is 7.10. The van der Waals surface area contributed by atoms with Gasteiger partial charge in [0.25, 0.3) is 0 Å². The molecule has 1 aliphatic rings. The maximum Gasteiger partial charge on any atom is 0.222 e. The molecule has 0 saturated carbocycles. The van der Waals surface area contributed by atoms with E-state index in [-0.39, 0.29) is 5.91 Å². The lowest BCUT2D eigenvalue weighted by Crippen LogP contribution is -2.45. The van der Waals surface area contributed by atoms with E-state index in [9.17, 15) is 9.90 Å². The van der Waals surface area contributed by atoms with Gasteiger partial charge in [-0.3, -0.25) is 9.69 Å². The number of amides is 1. The molecule has 2 rings (SSSR count). The molecule has 0 bridgehead atoms. The van der Waals surface area contributed by atoms with Gasteiger partial charge in [-0.05, 0) is 12.5 Å². The third-order valence-corrected chi connectivity index (χ3v) is 5.03. The van der Waals surface area contributed by atoms with Crippen LogP contribution in [0.25, 0.3) is 0 Å². The first-order valence-corrected chi connectivity index (χ1v) is 8.75. The van der Waals surface area contributed by atoms with Crippen molar-refractivity contribution in [2.45, 2.75) is 18.9 Å². The third kappa shape index (κ3) is 5.85. The highest BCUT2D eigenvalue weighted by Crippen LogP contribution is 2.20. The van der Waals surface area contributed by atoms with E-state index in [1.165, 1.54) is 0 Å². The highest BCUT2D eigenvalue weighted by Gasteiger charge is 2.18. The molecule has 1 N–H and O–H groups in total. The number of carbonyl (C=O) groups is 1.